The normalized spacial score (nSPS) is 15.7. The molecular formula is C16H21N3O2. The third-order valence-corrected chi connectivity index (χ3v) is 4.18. The number of nitrogens with one attached hydrogen (secondary N) is 1. The van der Waals surface area contributed by atoms with Gasteiger partial charge in [0, 0.05) is 37.3 Å². The molecule has 1 aliphatic rings. The van der Waals surface area contributed by atoms with Crippen molar-refractivity contribution in [2.75, 3.05) is 31.5 Å². The zero-order chi connectivity index (χ0) is 14.8. The van der Waals surface area contributed by atoms with Crippen molar-refractivity contribution in [3.63, 3.8) is 0 Å². The Morgan fingerprint density at radius 2 is 2.00 bits per heavy atom. The van der Waals surface area contributed by atoms with Gasteiger partial charge in [0.2, 0.25) is 5.88 Å². The number of nitrogens with zero attached hydrogens (tertiary/aromatic N) is 2. The summed E-state index contributed by atoms with van der Waals surface area (Å²) in [4.78, 5) is 14.2. The first-order chi connectivity index (χ1) is 10.1. The first kappa shape index (κ1) is 13.9. The van der Waals surface area contributed by atoms with Gasteiger partial charge >= 0.3 is 0 Å². The van der Waals surface area contributed by atoms with Gasteiger partial charge in [-0.05, 0) is 49.5 Å². The highest BCUT2D eigenvalue weighted by Gasteiger charge is 2.10. The molecule has 0 spiro atoms. The lowest BCUT2D eigenvalue weighted by molar-refractivity contribution is 0.352. The fraction of sp³-hybridized carbons (Fsp3) is 0.438. The van der Waals surface area contributed by atoms with E-state index in [1.807, 2.05) is 18.2 Å². The molecule has 1 aromatic heterocycles. The molecule has 2 heterocycles. The first-order valence-corrected chi connectivity index (χ1v) is 7.44. The van der Waals surface area contributed by atoms with Gasteiger partial charge in [-0.3, -0.25) is 9.36 Å². The van der Waals surface area contributed by atoms with Crippen LogP contribution in [0.3, 0.4) is 0 Å². The lowest BCUT2D eigenvalue weighted by atomic mass is 10.1. The number of pyridine rings is 1. The zero-order valence-electron chi connectivity index (χ0n) is 12.3. The molecule has 112 valence electrons. The Kier molecular flexibility index (Phi) is 3.84. The molecule has 0 saturated carbocycles. The maximum absolute atomic E-state index is 11.7. The van der Waals surface area contributed by atoms with Gasteiger partial charge in [-0.2, -0.15) is 0 Å². The summed E-state index contributed by atoms with van der Waals surface area (Å²) >= 11 is 0. The minimum Gasteiger partial charge on any atom is -0.494 e. The minimum atomic E-state index is -0.200. The van der Waals surface area contributed by atoms with Crippen molar-refractivity contribution in [1.29, 1.82) is 0 Å². The molecule has 0 radical (unpaired) electrons. The van der Waals surface area contributed by atoms with Crippen LogP contribution in [0.4, 0.5) is 5.69 Å². The second-order valence-electron chi connectivity index (χ2n) is 5.64. The molecule has 21 heavy (non-hydrogen) atoms. The van der Waals surface area contributed by atoms with Gasteiger partial charge in [0.15, 0.2) is 0 Å². The van der Waals surface area contributed by atoms with Gasteiger partial charge in [-0.1, -0.05) is 0 Å². The van der Waals surface area contributed by atoms with Crippen LogP contribution in [0.2, 0.25) is 0 Å². The van der Waals surface area contributed by atoms with E-state index in [9.17, 15) is 9.90 Å². The second-order valence-corrected chi connectivity index (χ2v) is 5.64. The topological polar surface area (TPSA) is 57.5 Å². The molecular weight excluding hydrogens is 266 g/mol. The number of hydrogen-bond acceptors (Lipinski definition) is 4. The van der Waals surface area contributed by atoms with Crippen LogP contribution in [-0.4, -0.2) is 40.8 Å². The number of rotatable bonds is 4. The fourth-order valence-corrected chi connectivity index (χ4v) is 2.88. The number of aromatic hydroxyl groups is 1. The average Bonchev–Trinajstić information content (AvgIpc) is 2.98. The van der Waals surface area contributed by atoms with Crippen LogP contribution in [0.15, 0.2) is 29.1 Å². The van der Waals surface area contributed by atoms with Gasteiger partial charge in [-0.15, -0.1) is 0 Å². The summed E-state index contributed by atoms with van der Waals surface area (Å²) in [6.45, 7) is 4.33. The molecule has 1 aromatic carbocycles. The third kappa shape index (κ3) is 2.88. The summed E-state index contributed by atoms with van der Waals surface area (Å²) in [6.07, 6.45) is 2.61. The lowest BCUT2D eigenvalue weighted by Gasteiger charge is -2.15. The van der Waals surface area contributed by atoms with Gasteiger partial charge in [-0.25, -0.2) is 0 Å². The van der Waals surface area contributed by atoms with Crippen molar-refractivity contribution >= 4 is 16.5 Å². The summed E-state index contributed by atoms with van der Waals surface area (Å²) in [5.74, 6) is 0.0149. The van der Waals surface area contributed by atoms with Gasteiger partial charge < -0.3 is 15.3 Å². The molecule has 2 aromatic rings. The fourth-order valence-electron chi connectivity index (χ4n) is 2.88. The minimum absolute atomic E-state index is 0.0149. The van der Waals surface area contributed by atoms with Crippen molar-refractivity contribution in [1.82, 2.24) is 9.47 Å². The van der Waals surface area contributed by atoms with Crippen molar-refractivity contribution in [2.45, 2.75) is 12.8 Å². The monoisotopic (exact) mass is 287 g/mol. The third-order valence-electron chi connectivity index (χ3n) is 4.18. The van der Waals surface area contributed by atoms with Crippen LogP contribution >= 0.6 is 0 Å². The predicted molar refractivity (Wildman–Crippen MR) is 85.0 cm³/mol. The molecule has 1 aliphatic heterocycles. The van der Waals surface area contributed by atoms with Crippen LogP contribution in [0.5, 0.6) is 5.88 Å². The van der Waals surface area contributed by atoms with Gasteiger partial charge in [0.05, 0.1) is 0 Å². The Morgan fingerprint density at radius 1 is 1.24 bits per heavy atom. The number of fused-ring (bicyclic) bond motifs is 1. The van der Waals surface area contributed by atoms with Gasteiger partial charge in [0.25, 0.3) is 5.56 Å². The van der Waals surface area contributed by atoms with Crippen molar-refractivity contribution in [3.8, 4) is 5.88 Å². The van der Waals surface area contributed by atoms with E-state index in [0.717, 1.165) is 24.2 Å². The number of anilines is 1. The van der Waals surface area contributed by atoms with Crippen LogP contribution in [0.1, 0.15) is 12.8 Å². The molecule has 0 aliphatic carbocycles. The van der Waals surface area contributed by atoms with Crippen LogP contribution in [0.25, 0.3) is 10.8 Å². The number of aromatic nitrogens is 1. The molecule has 0 bridgehead atoms. The zero-order valence-corrected chi connectivity index (χ0v) is 12.3. The molecule has 0 amide bonds. The second kappa shape index (κ2) is 5.77. The highest BCUT2D eigenvalue weighted by Crippen LogP contribution is 2.24. The van der Waals surface area contributed by atoms with Crippen molar-refractivity contribution in [2.24, 2.45) is 7.05 Å². The summed E-state index contributed by atoms with van der Waals surface area (Å²) in [6, 6.07) is 7.26. The van der Waals surface area contributed by atoms with E-state index in [-0.39, 0.29) is 11.4 Å². The summed E-state index contributed by atoms with van der Waals surface area (Å²) in [7, 11) is 1.57. The van der Waals surface area contributed by atoms with E-state index in [1.165, 1.54) is 30.5 Å². The molecule has 3 rings (SSSR count). The molecule has 5 nitrogen and oxygen atoms in total. The quantitative estimate of drug-likeness (QED) is 0.899. The SMILES string of the molecule is Cn1c(O)c2ccc(NCCN3CCCC3)cc2cc1=O. The largest absolute Gasteiger partial charge is 0.494 e. The lowest BCUT2D eigenvalue weighted by Crippen LogP contribution is -2.25. The smallest absolute Gasteiger partial charge is 0.253 e. The first-order valence-electron chi connectivity index (χ1n) is 7.44. The standard InChI is InChI=1S/C16H21N3O2/c1-18-15(20)11-12-10-13(4-5-14(12)16(18)21)17-6-9-19-7-2-3-8-19/h4-5,10-11,17,21H,2-3,6-9H2,1H3. The van der Waals surface area contributed by atoms with Gasteiger partial charge in [0.1, 0.15) is 0 Å². The Morgan fingerprint density at radius 3 is 2.76 bits per heavy atom. The number of hydrogen-bond donors (Lipinski definition) is 2. The summed E-state index contributed by atoms with van der Waals surface area (Å²) in [5.41, 5.74) is 0.781. The van der Waals surface area contributed by atoms with E-state index in [4.69, 9.17) is 0 Å². The molecule has 1 fully saturated rings. The van der Waals surface area contributed by atoms with Crippen molar-refractivity contribution in [3.05, 3.63) is 34.6 Å². The van der Waals surface area contributed by atoms with Crippen molar-refractivity contribution < 1.29 is 5.11 Å². The molecule has 0 atom stereocenters. The maximum Gasteiger partial charge on any atom is 0.253 e. The van der Waals surface area contributed by atoms with Crippen LogP contribution in [0, 0.1) is 0 Å². The molecule has 5 heteroatoms. The Hall–Kier alpha value is -2.01. The highest BCUT2D eigenvalue weighted by atomic mass is 16.3. The average molecular weight is 287 g/mol. The number of benzene rings is 1. The molecule has 2 N–H and O–H groups in total. The van der Waals surface area contributed by atoms with E-state index in [0.29, 0.717) is 5.39 Å². The van der Waals surface area contributed by atoms with E-state index < -0.39 is 0 Å². The Balaban J connectivity index is 1.74. The van der Waals surface area contributed by atoms with E-state index in [1.54, 1.807) is 13.1 Å². The summed E-state index contributed by atoms with van der Waals surface area (Å²) in [5, 5.41) is 14.8. The molecule has 0 unspecified atom stereocenters. The van der Waals surface area contributed by atoms with Crippen LogP contribution in [-0.2, 0) is 7.05 Å². The Labute approximate surface area is 123 Å². The highest BCUT2D eigenvalue weighted by molar-refractivity contribution is 5.89. The Bertz CT molecular complexity index is 702. The number of likely N-dealkylation sites (tertiary alicyclic amines) is 1. The van der Waals surface area contributed by atoms with E-state index >= 15 is 0 Å². The van der Waals surface area contributed by atoms with Crippen LogP contribution < -0.4 is 10.9 Å². The van der Waals surface area contributed by atoms with E-state index in [2.05, 4.69) is 10.2 Å². The predicted octanol–water partition coefficient (Wildman–Crippen LogP) is 1.75. The molecule has 1 saturated heterocycles. The summed E-state index contributed by atoms with van der Waals surface area (Å²) < 4.78 is 1.25. The maximum atomic E-state index is 11.7.